The second kappa shape index (κ2) is 9.17. The van der Waals surface area contributed by atoms with Crippen molar-refractivity contribution in [3.63, 3.8) is 0 Å². The molecule has 0 saturated carbocycles. The Hall–Kier alpha value is -2.64. The molecule has 3 N–H and O–H groups in total. The lowest BCUT2D eigenvalue weighted by molar-refractivity contribution is -0.123. The number of carbonyl (C=O) groups excluding carboxylic acids is 2. The largest absolute Gasteiger partial charge is 0.483 e. The maximum atomic E-state index is 12.0. The summed E-state index contributed by atoms with van der Waals surface area (Å²) < 4.78 is 5.48. The van der Waals surface area contributed by atoms with Gasteiger partial charge in [0, 0.05) is 10.6 Å². The van der Waals surface area contributed by atoms with Crippen LogP contribution in [0, 0.1) is 13.8 Å². The second-order valence-corrected chi connectivity index (χ2v) is 6.29. The molecule has 0 fully saturated rings. The highest BCUT2D eigenvalue weighted by Crippen LogP contribution is 2.20. The Bertz CT molecular complexity index is 825. The topological polar surface area (TPSA) is 79.5 Å². The summed E-state index contributed by atoms with van der Waals surface area (Å²) in [4.78, 5) is 23.8. The standard InChI is InChI=1S/C18H18ClN3O3S/c1-11-4-3-5-15(12(11)2)25-10-16(23)21-22-18(26)20-17(24)13-6-8-14(19)9-7-13/h3-9H,10H2,1-2H3,(H,21,23)(H2,20,22,24,26). The highest BCUT2D eigenvalue weighted by atomic mass is 35.5. The van der Waals surface area contributed by atoms with E-state index < -0.39 is 11.8 Å². The molecule has 0 radical (unpaired) electrons. The normalized spacial score (nSPS) is 9.96. The smallest absolute Gasteiger partial charge is 0.276 e. The number of rotatable bonds is 4. The van der Waals surface area contributed by atoms with Gasteiger partial charge in [-0.1, -0.05) is 23.7 Å². The van der Waals surface area contributed by atoms with Crippen LogP contribution < -0.4 is 20.9 Å². The number of amides is 2. The molecule has 0 spiro atoms. The molecule has 0 bridgehead atoms. The van der Waals surface area contributed by atoms with Crippen molar-refractivity contribution < 1.29 is 14.3 Å². The third-order valence-corrected chi connectivity index (χ3v) is 4.02. The number of hydrazine groups is 1. The van der Waals surface area contributed by atoms with Gasteiger partial charge in [0.25, 0.3) is 11.8 Å². The first kappa shape index (κ1) is 19.7. The summed E-state index contributed by atoms with van der Waals surface area (Å²) in [7, 11) is 0. The first-order valence-electron chi connectivity index (χ1n) is 7.71. The van der Waals surface area contributed by atoms with Gasteiger partial charge in [-0.25, -0.2) is 0 Å². The van der Waals surface area contributed by atoms with E-state index in [0.29, 0.717) is 16.3 Å². The van der Waals surface area contributed by atoms with Crippen LogP contribution in [0.15, 0.2) is 42.5 Å². The molecule has 0 aliphatic carbocycles. The molecular formula is C18H18ClN3O3S. The van der Waals surface area contributed by atoms with Crippen LogP contribution in [0.3, 0.4) is 0 Å². The van der Waals surface area contributed by atoms with Crippen molar-refractivity contribution >= 4 is 40.7 Å². The summed E-state index contributed by atoms with van der Waals surface area (Å²) in [6.45, 7) is 3.69. The number of ether oxygens (including phenoxy) is 1. The molecule has 8 heteroatoms. The maximum absolute atomic E-state index is 12.0. The van der Waals surface area contributed by atoms with Gasteiger partial charge in [0.1, 0.15) is 5.75 Å². The molecule has 2 rings (SSSR count). The molecule has 0 atom stereocenters. The summed E-state index contributed by atoms with van der Waals surface area (Å²) in [6.07, 6.45) is 0. The van der Waals surface area contributed by atoms with Crippen LogP contribution in [0.5, 0.6) is 5.75 Å². The number of carbonyl (C=O) groups is 2. The number of hydrogen-bond acceptors (Lipinski definition) is 4. The molecule has 0 aromatic heterocycles. The molecule has 0 aliphatic heterocycles. The number of aryl methyl sites for hydroxylation is 1. The molecule has 2 aromatic rings. The van der Waals surface area contributed by atoms with Crippen molar-refractivity contribution in [3.8, 4) is 5.75 Å². The Morgan fingerprint density at radius 1 is 1.08 bits per heavy atom. The van der Waals surface area contributed by atoms with E-state index >= 15 is 0 Å². The van der Waals surface area contributed by atoms with Gasteiger partial charge in [0.2, 0.25) is 0 Å². The number of benzene rings is 2. The average Bonchev–Trinajstić information content (AvgIpc) is 2.61. The minimum Gasteiger partial charge on any atom is -0.483 e. The molecule has 0 aliphatic rings. The minimum absolute atomic E-state index is 0.0370. The van der Waals surface area contributed by atoms with Crippen molar-refractivity contribution in [2.75, 3.05) is 6.61 Å². The van der Waals surface area contributed by atoms with Gasteiger partial charge in [-0.3, -0.25) is 25.8 Å². The fraction of sp³-hybridized carbons (Fsp3) is 0.167. The Morgan fingerprint density at radius 3 is 2.46 bits per heavy atom. The van der Waals surface area contributed by atoms with Crippen molar-refractivity contribution in [2.24, 2.45) is 0 Å². The van der Waals surface area contributed by atoms with Gasteiger partial charge >= 0.3 is 0 Å². The quantitative estimate of drug-likeness (QED) is 0.551. The molecule has 2 amide bonds. The predicted molar refractivity (Wildman–Crippen MR) is 104 cm³/mol. The fourth-order valence-corrected chi connectivity index (χ4v) is 2.26. The number of nitrogens with one attached hydrogen (secondary N) is 3. The zero-order chi connectivity index (χ0) is 19.1. The fourth-order valence-electron chi connectivity index (χ4n) is 1.99. The maximum Gasteiger partial charge on any atom is 0.276 e. The molecule has 136 valence electrons. The summed E-state index contributed by atoms with van der Waals surface area (Å²) in [5.41, 5.74) is 7.25. The molecule has 6 nitrogen and oxygen atoms in total. The monoisotopic (exact) mass is 391 g/mol. The van der Waals surface area contributed by atoms with Gasteiger partial charge in [-0.05, 0) is 67.5 Å². The third kappa shape index (κ3) is 5.72. The van der Waals surface area contributed by atoms with E-state index in [1.165, 1.54) is 0 Å². The van der Waals surface area contributed by atoms with Crippen LogP contribution in [0.25, 0.3) is 0 Å². The summed E-state index contributed by atoms with van der Waals surface area (Å²) >= 11 is 10.7. The summed E-state index contributed by atoms with van der Waals surface area (Å²) in [5, 5.41) is 2.93. The SMILES string of the molecule is Cc1cccc(OCC(=O)NNC(=S)NC(=O)c2ccc(Cl)cc2)c1C. The average molecular weight is 392 g/mol. The van der Waals surface area contributed by atoms with Crippen molar-refractivity contribution in [3.05, 3.63) is 64.2 Å². The van der Waals surface area contributed by atoms with Gasteiger partial charge in [-0.15, -0.1) is 0 Å². The number of halogens is 1. The molecule has 26 heavy (non-hydrogen) atoms. The van der Waals surface area contributed by atoms with E-state index in [-0.39, 0.29) is 11.7 Å². The molecule has 2 aromatic carbocycles. The van der Waals surface area contributed by atoms with Crippen molar-refractivity contribution in [2.45, 2.75) is 13.8 Å². The zero-order valence-corrected chi connectivity index (χ0v) is 15.8. The second-order valence-electron chi connectivity index (χ2n) is 5.45. The Kier molecular flexibility index (Phi) is 6.94. The Labute approximate surface area is 161 Å². The molecule has 0 unspecified atom stereocenters. The lowest BCUT2D eigenvalue weighted by atomic mass is 10.1. The highest BCUT2D eigenvalue weighted by molar-refractivity contribution is 7.80. The molecular weight excluding hydrogens is 374 g/mol. The Morgan fingerprint density at radius 2 is 1.77 bits per heavy atom. The summed E-state index contributed by atoms with van der Waals surface area (Å²) in [5.74, 6) is -0.215. The summed E-state index contributed by atoms with van der Waals surface area (Å²) in [6, 6.07) is 11.9. The van der Waals surface area contributed by atoms with E-state index in [2.05, 4.69) is 16.2 Å². The first-order valence-corrected chi connectivity index (χ1v) is 8.50. The minimum atomic E-state index is -0.436. The van der Waals surface area contributed by atoms with Crippen LogP contribution in [-0.2, 0) is 4.79 Å². The lowest BCUT2D eigenvalue weighted by Crippen LogP contribution is -2.49. The first-order chi connectivity index (χ1) is 12.4. The van der Waals surface area contributed by atoms with Crippen LogP contribution in [-0.4, -0.2) is 23.5 Å². The number of hydrogen-bond donors (Lipinski definition) is 3. The zero-order valence-electron chi connectivity index (χ0n) is 14.3. The van der Waals surface area contributed by atoms with Crippen LogP contribution in [0.1, 0.15) is 21.5 Å². The lowest BCUT2D eigenvalue weighted by Gasteiger charge is -2.13. The van der Waals surface area contributed by atoms with Gasteiger partial charge in [0.15, 0.2) is 11.7 Å². The highest BCUT2D eigenvalue weighted by Gasteiger charge is 2.09. The van der Waals surface area contributed by atoms with Crippen LogP contribution in [0.4, 0.5) is 0 Å². The van der Waals surface area contributed by atoms with Gasteiger partial charge in [-0.2, -0.15) is 0 Å². The molecule has 0 saturated heterocycles. The molecule has 0 heterocycles. The predicted octanol–water partition coefficient (Wildman–Crippen LogP) is 2.67. The van der Waals surface area contributed by atoms with Crippen molar-refractivity contribution in [1.82, 2.24) is 16.2 Å². The van der Waals surface area contributed by atoms with Crippen LogP contribution >= 0.6 is 23.8 Å². The van der Waals surface area contributed by atoms with Gasteiger partial charge in [0.05, 0.1) is 0 Å². The van der Waals surface area contributed by atoms with Crippen LogP contribution in [0.2, 0.25) is 5.02 Å². The third-order valence-electron chi connectivity index (χ3n) is 3.56. The van der Waals surface area contributed by atoms with Gasteiger partial charge < -0.3 is 4.74 Å². The van der Waals surface area contributed by atoms with Crippen molar-refractivity contribution in [1.29, 1.82) is 0 Å². The van der Waals surface area contributed by atoms with E-state index in [9.17, 15) is 9.59 Å². The van der Waals surface area contributed by atoms with E-state index in [1.54, 1.807) is 30.3 Å². The van der Waals surface area contributed by atoms with E-state index in [4.69, 9.17) is 28.6 Å². The Balaban J connectivity index is 1.76. The number of thiocarbonyl (C=S) groups is 1. The van der Waals surface area contributed by atoms with E-state index in [1.807, 2.05) is 26.0 Å². The van der Waals surface area contributed by atoms with E-state index in [0.717, 1.165) is 11.1 Å².